The predicted octanol–water partition coefficient (Wildman–Crippen LogP) is 0.483. The van der Waals surface area contributed by atoms with E-state index in [0.717, 1.165) is 0 Å². The number of hydrogen-bond acceptors (Lipinski definition) is 5. The van der Waals surface area contributed by atoms with E-state index in [4.69, 9.17) is 5.11 Å². The van der Waals surface area contributed by atoms with Gasteiger partial charge in [-0.05, 0) is 6.07 Å². The normalized spacial score (nSPS) is 10.1. The van der Waals surface area contributed by atoms with Gasteiger partial charge in [0, 0.05) is 25.1 Å². The van der Waals surface area contributed by atoms with Crippen LogP contribution in [0.2, 0.25) is 0 Å². The molecule has 17 heavy (non-hydrogen) atoms. The molecule has 7 nitrogen and oxygen atoms in total. The SMILES string of the molecule is O=C(O)c1cnccc1NCCn1ccnn1. The maximum Gasteiger partial charge on any atom is 0.339 e. The van der Waals surface area contributed by atoms with Crippen LogP contribution in [0.15, 0.2) is 30.9 Å². The first kappa shape index (κ1) is 11.1. The van der Waals surface area contributed by atoms with Gasteiger partial charge in [0.2, 0.25) is 0 Å². The minimum atomic E-state index is -0.999. The molecular formula is C10H11N5O2. The summed E-state index contributed by atoms with van der Waals surface area (Å²) in [7, 11) is 0. The molecule has 7 heteroatoms. The number of anilines is 1. The van der Waals surface area contributed by atoms with E-state index >= 15 is 0 Å². The third-order valence-corrected chi connectivity index (χ3v) is 2.18. The average molecular weight is 233 g/mol. The highest BCUT2D eigenvalue weighted by molar-refractivity contribution is 5.93. The highest BCUT2D eigenvalue weighted by Crippen LogP contribution is 2.12. The van der Waals surface area contributed by atoms with Crippen molar-refractivity contribution < 1.29 is 9.90 Å². The first-order chi connectivity index (χ1) is 8.27. The van der Waals surface area contributed by atoms with Crippen molar-refractivity contribution in [2.24, 2.45) is 0 Å². The van der Waals surface area contributed by atoms with Crippen LogP contribution in [-0.2, 0) is 6.54 Å². The van der Waals surface area contributed by atoms with Gasteiger partial charge in [0.1, 0.15) is 5.56 Å². The second-order valence-electron chi connectivity index (χ2n) is 3.32. The largest absolute Gasteiger partial charge is 0.478 e. The Hall–Kier alpha value is -2.44. The number of hydrogen-bond donors (Lipinski definition) is 2. The van der Waals surface area contributed by atoms with Gasteiger partial charge in [-0.2, -0.15) is 0 Å². The number of carboxylic acid groups (broad SMARTS) is 1. The Morgan fingerprint density at radius 3 is 3.06 bits per heavy atom. The van der Waals surface area contributed by atoms with Gasteiger partial charge in [0.15, 0.2) is 0 Å². The fourth-order valence-corrected chi connectivity index (χ4v) is 1.38. The minimum Gasteiger partial charge on any atom is -0.478 e. The minimum absolute atomic E-state index is 0.158. The zero-order chi connectivity index (χ0) is 12.1. The molecule has 0 spiro atoms. The number of aromatic carboxylic acids is 1. The van der Waals surface area contributed by atoms with Gasteiger partial charge >= 0.3 is 5.97 Å². The topological polar surface area (TPSA) is 92.9 Å². The van der Waals surface area contributed by atoms with Crippen LogP contribution in [0.4, 0.5) is 5.69 Å². The summed E-state index contributed by atoms with van der Waals surface area (Å²) < 4.78 is 1.66. The van der Waals surface area contributed by atoms with E-state index in [9.17, 15) is 4.79 Å². The van der Waals surface area contributed by atoms with Gasteiger partial charge in [-0.15, -0.1) is 5.10 Å². The summed E-state index contributed by atoms with van der Waals surface area (Å²) in [5.41, 5.74) is 0.707. The lowest BCUT2D eigenvalue weighted by molar-refractivity contribution is 0.0697. The van der Waals surface area contributed by atoms with Crippen molar-refractivity contribution in [1.29, 1.82) is 0 Å². The zero-order valence-corrected chi connectivity index (χ0v) is 8.95. The summed E-state index contributed by atoms with van der Waals surface area (Å²) in [6.07, 6.45) is 6.20. The third-order valence-electron chi connectivity index (χ3n) is 2.18. The van der Waals surface area contributed by atoms with Gasteiger partial charge < -0.3 is 10.4 Å². The molecule has 0 aliphatic rings. The van der Waals surface area contributed by atoms with Crippen LogP contribution in [0.25, 0.3) is 0 Å². The first-order valence-electron chi connectivity index (χ1n) is 5.02. The molecule has 0 saturated heterocycles. The number of carbonyl (C=O) groups is 1. The van der Waals surface area contributed by atoms with E-state index in [2.05, 4.69) is 20.6 Å². The van der Waals surface area contributed by atoms with E-state index in [1.165, 1.54) is 6.20 Å². The Morgan fingerprint density at radius 2 is 2.35 bits per heavy atom. The van der Waals surface area contributed by atoms with Crippen molar-refractivity contribution in [3.8, 4) is 0 Å². The maximum absolute atomic E-state index is 10.9. The van der Waals surface area contributed by atoms with Crippen molar-refractivity contribution in [3.63, 3.8) is 0 Å². The highest BCUT2D eigenvalue weighted by atomic mass is 16.4. The van der Waals surface area contributed by atoms with Gasteiger partial charge in [-0.1, -0.05) is 5.21 Å². The van der Waals surface area contributed by atoms with Crippen molar-refractivity contribution in [2.75, 3.05) is 11.9 Å². The van der Waals surface area contributed by atoms with Crippen LogP contribution in [-0.4, -0.2) is 37.6 Å². The molecule has 2 heterocycles. The number of carboxylic acids is 1. The number of pyridine rings is 1. The van der Waals surface area contributed by atoms with E-state index in [-0.39, 0.29) is 5.56 Å². The lowest BCUT2D eigenvalue weighted by Gasteiger charge is -2.08. The fraction of sp³-hybridized carbons (Fsp3) is 0.200. The van der Waals surface area contributed by atoms with Crippen molar-refractivity contribution in [2.45, 2.75) is 6.54 Å². The molecule has 0 amide bonds. The Morgan fingerprint density at radius 1 is 1.47 bits per heavy atom. The second kappa shape index (κ2) is 5.06. The van der Waals surface area contributed by atoms with E-state index < -0.39 is 5.97 Å². The number of aromatic nitrogens is 4. The first-order valence-corrected chi connectivity index (χ1v) is 5.02. The lowest BCUT2D eigenvalue weighted by atomic mass is 10.2. The summed E-state index contributed by atoms with van der Waals surface area (Å²) in [5.74, 6) is -0.999. The Kier molecular flexibility index (Phi) is 3.29. The molecule has 0 unspecified atom stereocenters. The molecule has 2 aromatic rings. The van der Waals surface area contributed by atoms with Gasteiger partial charge in [0.25, 0.3) is 0 Å². The van der Waals surface area contributed by atoms with E-state index in [1.807, 2.05) is 0 Å². The smallest absolute Gasteiger partial charge is 0.339 e. The monoisotopic (exact) mass is 233 g/mol. The molecular weight excluding hydrogens is 222 g/mol. The summed E-state index contributed by atoms with van der Waals surface area (Å²) in [4.78, 5) is 14.7. The van der Waals surface area contributed by atoms with Crippen LogP contribution < -0.4 is 5.32 Å². The van der Waals surface area contributed by atoms with Gasteiger partial charge in [0.05, 0.1) is 18.4 Å². The molecule has 2 N–H and O–H groups in total. The quantitative estimate of drug-likeness (QED) is 0.780. The molecule has 0 aromatic carbocycles. The van der Waals surface area contributed by atoms with Gasteiger partial charge in [-0.3, -0.25) is 9.67 Å². The van der Waals surface area contributed by atoms with Crippen LogP contribution in [0.1, 0.15) is 10.4 Å². The molecule has 0 radical (unpaired) electrons. The summed E-state index contributed by atoms with van der Waals surface area (Å²) >= 11 is 0. The molecule has 0 atom stereocenters. The Balaban J connectivity index is 1.97. The van der Waals surface area contributed by atoms with Crippen LogP contribution in [0.5, 0.6) is 0 Å². The second-order valence-corrected chi connectivity index (χ2v) is 3.32. The predicted molar refractivity (Wildman–Crippen MR) is 59.7 cm³/mol. The van der Waals surface area contributed by atoms with Crippen molar-refractivity contribution in [3.05, 3.63) is 36.4 Å². The molecule has 2 aromatic heterocycles. The third kappa shape index (κ3) is 2.77. The lowest BCUT2D eigenvalue weighted by Crippen LogP contribution is -2.13. The highest BCUT2D eigenvalue weighted by Gasteiger charge is 2.08. The summed E-state index contributed by atoms with van der Waals surface area (Å²) in [6.45, 7) is 1.18. The fourth-order valence-electron chi connectivity index (χ4n) is 1.38. The molecule has 0 aliphatic heterocycles. The Labute approximate surface area is 97.1 Å². The summed E-state index contributed by atoms with van der Waals surface area (Å²) in [5, 5.41) is 19.4. The van der Waals surface area contributed by atoms with E-state index in [0.29, 0.717) is 18.8 Å². The number of nitrogens with one attached hydrogen (secondary N) is 1. The average Bonchev–Trinajstić information content (AvgIpc) is 2.82. The molecule has 0 fully saturated rings. The molecule has 0 saturated carbocycles. The van der Waals surface area contributed by atoms with Crippen molar-refractivity contribution in [1.82, 2.24) is 20.0 Å². The van der Waals surface area contributed by atoms with E-state index in [1.54, 1.807) is 29.3 Å². The standard InChI is InChI=1S/C10H11N5O2/c16-10(17)8-7-11-2-1-9(8)12-3-5-15-6-4-13-14-15/h1-2,4,6-7H,3,5H2,(H,11,12)(H,16,17). The maximum atomic E-state index is 10.9. The van der Waals surface area contributed by atoms with Crippen LogP contribution >= 0.6 is 0 Å². The Bertz CT molecular complexity index is 497. The number of nitrogens with zero attached hydrogens (tertiary/aromatic N) is 4. The molecule has 2 rings (SSSR count). The number of rotatable bonds is 5. The van der Waals surface area contributed by atoms with Crippen LogP contribution in [0.3, 0.4) is 0 Å². The molecule has 88 valence electrons. The van der Waals surface area contributed by atoms with Crippen molar-refractivity contribution >= 4 is 11.7 Å². The molecule has 0 aliphatic carbocycles. The molecule has 0 bridgehead atoms. The van der Waals surface area contributed by atoms with Gasteiger partial charge in [-0.25, -0.2) is 4.79 Å². The zero-order valence-electron chi connectivity index (χ0n) is 8.95. The van der Waals surface area contributed by atoms with Crippen LogP contribution in [0, 0.1) is 0 Å². The summed E-state index contributed by atoms with van der Waals surface area (Å²) in [6, 6.07) is 1.63.